The molecule has 1 aliphatic heterocycles. The van der Waals surface area contributed by atoms with Crippen molar-refractivity contribution in [3.8, 4) is 5.75 Å². The molecule has 1 heterocycles. The summed E-state index contributed by atoms with van der Waals surface area (Å²) in [6.45, 7) is 3.01. The van der Waals surface area contributed by atoms with Crippen molar-refractivity contribution >= 4 is 17.1 Å². The molecule has 0 aromatic heterocycles. The molecule has 2 aliphatic rings. The second kappa shape index (κ2) is 11.9. The number of hydrogen-bond donors (Lipinski definition) is 1. The zero-order chi connectivity index (χ0) is 28.3. The Morgan fingerprint density at radius 2 is 1.75 bits per heavy atom. The van der Waals surface area contributed by atoms with Crippen molar-refractivity contribution < 1.29 is 27.8 Å². The smallest absolute Gasteiger partial charge is 0.335 e. The van der Waals surface area contributed by atoms with Crippen LogP contribution in [0, 0.1) is 0 Å². The van der Waals surface area contributed by atoms with E-state index in [1.807, 2.05) is 30.3 Å². The summed E-state index contributed by atoms with van der Waals surface area (Å²) in [7, 11) is 0. The number of alkyl halides is 3. The van der Waals surface area contributed by atoms with Crippen LogP contribution >= 0.6 is 0 Å². The van der Waals surface area contributed by atoms with Gasteiger partial charge in [-0.2, -0.15) is 0 Å². The lowest BCUT2D eigenvalue weighted by Gasteiger charge is -2.19. The maximum Gasteiger partial charge on any atom is 0.335 e. The summed E-state index contributed by atoms with van der Waals surface area (Å²) in [5, 5.41) is 9.56. The van der Waals surface area contributed by atoms with Crippen molar-refractivity contribution in [1.82, 2.24) is 4.90 Å². The third kappa shape index (κ3) is 6.25. The van der Waals surface area contributed by atoms with E-state index < -0.39 is 11.9 Å². The number of hydrogen-bond acceptors (Lipinski definition) is 3. The number of ether oxygens (including phenoxy) is 1. The van der Waals surface area contributed by atoms with Crippen LogP contribution in [0.25, 0.3) is 11.1 Å². The Bertz CT molecular complexity index is 1380. The summed E-state index contributed by atoms with van der Waals surface area (Å²) < 4.78 is 46.6. The van der Waals surface area contributed by atoms with Gasteiger partial charge >= 0.3 is 5.97 Å². The number of carboxylic acid groups (broad SMARTS) is 1. The molecule has 0 amide bonds. The number of aromatic carboxylic acids is 1. The van der Waals surface area contributed by atoms with E-state index in [1.54, 1.807) is 24.3 Å². The number of carboxylic acids is 1. The molecule has 3 aromatic carbocycles. The summed E-state index contributed by atoms with van der Waals surface area (Å²) in [6.07, 6.45) is 3.75. The van der Waals surface area contributed by atoms with E-state index in [1.165, 1.54) is 12.1 Å². The number of halogens is 3. The lowest BCUT2D eigenvalue weighted by Crippen LogP contribution is -2.26. The molecule has 0 saturated carbocycles. The Labute approximate surface area is 233 Å². The first-order chi connectivity index (χ1) is 19.2. The summed E-state index contributed by atoms with van der Waals surface area (Å²) in [4.78, 5) is 13.9. The van der Waals surface area contributed by atoms with E-state index in [0.29, 0.717) is 6.42 Å². The lowest BCUT2D eigenvalue weighted by molar-refractivity contribution is 0.0174. The standard InChI is InChI=1S/C33H34F3NO3/c1-33(35,36)26-11-6-22(7-12-26)29-5-2-4-24-20-25(32(38)39)10-15-30(24)31(29)23-8-13-27(14-9-23)40-28-16-19-37(21-28)18-3-17-34/h6-15,20,28H,2-5,16-19,21H2,1H3,(H,38,39)/t28-/m0/s1. The first-order valence-electron chi connectivity index (χ1n) is 13.9. The molecule has 1 saturated heterocycles. The molecule has 7 heteroatoms. The van der Waals surface area contributed by atoms with E-state index in [0.717, 1.165) is 91.4 Å². The normalized spacial score (nSPS) is 17.9. The molecule has 1 fully saturated rings. The average molecular weight is 550 g/mol. The Hall–Kier alpha value is -3.58. The van der Waals surface area contributed by atoms with Crippen LogP contribution in [0.4, 0.5) is 13.2 Å². The van der Waals surface area contributed by atoms with E-state index in [-0.39, 0.29) is 23.9 Å². The zero-order valence-electron chi connectivity index (χ0n) is 22.6. The van der Waals surface area contributed by atoms with E-state index in [2.05, 4.69) is 4.90 Å². The van der Waals surface area contributed by atoms with Crippen LogP contribution in [0.1, 0.15) is 70.8 Å². The van der Waals surface area contributed by atoms with Gasteiger partial charge in [-0.3, -0.25) is 9.29 Å². The Kier molecular flexibility index (Phi) is 8.31. The highest BCUT2D eigenvalue weighted by molar-refractivity contribution is 6.00. The van der Waals surface area contributed by atoms with Gasteiger partial charge in [0.1, 0.15) is 11.9 Å². The summed E-state index contributed by atoms with van der Waals surface area (Å²) in [5.41, 5.74) is 5.97. The Morgan fingerprint density at radius 1 is 1.02 bits per heavy atom. The van der Waals surface area contributed by atoms with Gasteiger partial charge in [0.15, 0.2) is 0 Å². The first-order valence-corrected chi connectivity index (χ1v) is 13.9. The maximum atomic E-state index is 13.9. The first kappa shape index (κ1) is 28.0. The van der Waals surface area contributed by atoms with Gasteiger partial charge in [0.2, 0.25) is 0 Å². The molecule has 4 nitrogen and oxygen atoms in total. The highest BCUT2D eigenvalue weighted by atomic mass is 19.3. The molecule has 0 unspecified atom stereocenters. The number of benzene rings is 3. The number of rotatable bonds is 9. The van der Waals surface area contributed by atoms with Gasteiger partial charge in [-0.15, -0.1) is 0 Å². The quantitative estimate of drug-likeness (QED) is 0.299. The van der Waals surface area contributed by atoms with Gasteiger partial charge in [-0.05, 0) is 89.8 Å². The largest absolute Gasteiger partial charge is 0.489 e. The molecular formula is C33H34F3NO3. The van der Waals surface area contributed by atoms with Gasteiger partial charge in [-0.1, -0.05) is 42.5 Å². The minimum atomic E-state index is -2.92. The van der Waals surface area contributed by atoms with Gasteiger partial charge in [-0.25, -0.2) is 13.6 Å². The Balaban J connectivity index is 1.50. The molecule has 0 spiro atoms. The molecule has 1 atom stereocenters. The van der Waals surface area contributed by atoms with Gasteiger partial charge in [0.25, 0.3) is 5.92 Å². The predicted octanol–water partition coefficient (Wildman–Crippen LogP) is 7.60. The van der Waals surface area contributed by atoms with Gasteiger partial charge in [0.05, 0.1) is 12.2 Å². The topological polar surface area (TPSA) is 49.8 Å². The minimum Gasteiger partial charge on any atom is -0.489 e. The monoisotopic (exact) mass is 549 g/mol. The summed E-state index contributed by atoms with van der Waals surface area (Å²) in [6, 6.07) is 19.6. The highest BCUT2D eigenvalue weighted by Crippen LogP contribution is 2.41. The number of fused-ring (bicyclic) bond motifs is 1. The molecular weight excluding hydrogens is 515 g/mol. The highest BCUT2D eigenvalue weighted by Gasteiger charge is 2.26. The summed E-state index contributed by atoms with van der Waals surface area (Å²) >= 11 is 0. The SMILES string of the molecule is CC(F)(F)c1ccc(C2=C(c3ccc(O[C@H]4CCN(CCCF)C4)cc3)c3ccc(C(=O)O)cc3CCC2)cc1. The molecule has 3 aromatic rings. The van der Waals surface area contributed by atoms with Crippen LogP contribution in [0.5, 0.6) is 5.75 Å². The maximum absolute atomic E-state index is 13.9. The van der Waals surface area contributed by atoms with E-state index in [4.69, 9.17) is 4.74 Å². The molecule has 0 bridgehead atoms. The molecule has 40 heavy (non-hydrogen) atoms. The third-order valence-electron chi connectivity index (χ3n) is 7.82. The second-order valence-corrected chi connectivity index (χ2v) is 10.7. The molecule has 0 radical (unpaired) electrons. The fraction of sp³-hybridized carbons (Fsp3) is 0.364. The fourth-order valence-corrected chi connectivity index (χ4v) is 5.78. The van der Waals surface area contributed by atoms with Gasteiger partial charge < -0.3 is 9.84 Å². The number of allylic oxidation sites excluding steroid dienone is 1. The van der Waals surface area contributed by atoms with Crippen LogP contribution < -0.4 is 4.74 Å². The number of likely N-dealkylation sites (tertiary alicyclic amines) is 1. The number of carbonyl (C=O) groups is 1. The molecule has 5 rings (SSSR count). The second-order valence-electron chi connectivity index (χ2n) is 10.7. The molecule has 210 valence electrons. The predicted molar refractivity (Wildman–Crippen MR) is 151 cm³/mol. The Morgan fingerprint density at radius 3 is 2.42 bits per heavy atom. The minimum absolute atomic E-state index is 0.0322. The van der Waals surface area contributed by atoms with Crippen molar-refractivity contribution in [2.24, 2.45) is 0 Å². The van der Waals surface area contributed by atoms with Crippen molar-refractivity contribution in [2.75, 3.05) is 26.3 Å². The number of nitrogens with zero attached hydrogens (tertiary/aromatic N) is 1. The summed E-state index contributed by atoms with van der Waals surface area (Å²) in [5.74, 6) is -3.13. The van der Waals surface area contributed by atoms with Crippen LogP contribution in [-0.2, 0) is 12.3 Å². The third-order valence-corrected chi connectivity index (χ3v) is 7.82. The van der Waals surface area contributed by atoms with E-state index >= 15 is 0 Å². The lowest BCUT2D eigenvalue weighted by atomic mass is 9.87. The molecule has 1 N–H and O–H groups in total. The average Bonchev–Trinajstić information content (AvgIpc) is 3.29. The van der Waals surface area contributed by atoms with Crippen LogP contribution in [-0.4, -0.2) is 48.4 Å². The van der Waals surface area contributed by atoms with Crippen LogP contribution in [0.2, 0.25) is 0 Å². The molecule has 1 aliphatic carbocycles. The van der Waals surface area contributed by atoms with E-state index in [9.17, 15) is 23.1 Å². The zero-order valence-corrected chi connectivity index (χ0v) is 22.6. The van der Waals surface area contributed by atoms with Gasteiger partial charge in [0, 0.05) is 32.1 Å². The van der Waals surface area contributed by atoms with Crippen molar-refractivity contribution in [2.45, 2.75) is 51.1 Å². The van der Waals surface area contributed by atoms with Crippen LogP contribution in [0.3, 0.4) is 0 Å². The van der Waals surface area contributed by atoms with Crippen molar-refractivity contribution in [3.05, 3.63) is 100 Å². The van der Waals surface area contributed by atoms with Crippen molar-refractivity contribution in [3.63, 3.8) is 0 Å². The number of aryl methyl sites for hydroxylation is 1. The van der Waals surface area contributed by atoms with Crippen LogP contribution in [0.15, 0.2) is 66.7 Å². The fourth-order valence-electron chi connectivity index (χ4n) is 5.78. The van der Waals surface area contributed by atoms with Crippen molar-refractivity contribution in [1.29, 1.82) is 0 Å².